The predicted molar refractivity (Wildman–Crippen MR) is 323 cm³/mol. The van der Waals surface area contributed by atoms with Crippen LogP contribution in [-0.4, -0.2) is 73.4 Å². The fraction of sp³-hybridized carbons (Fsp3) is 0.769. The minimum atomic E-state index is -4.36. The van der Waals surface area contributed by atoms with Gasteiger partial charge in [-0.3, -0.25) is 13.8 Å². The number of quaternary nitrogens is 1. The first-order chi connectivity index (χ1) is 36.0. The van der Waals surface area contributed by atoms with Gasteiger partial charge in [0, 0.05) is 6.42 Å². The number of amides is 1. The van der Waals surface area contributed by atoms with E-state index in [2.05, 4.69) is 92.1 Å². The fourth-order valence-corrected chi connectivity index (χ4v) is 9.55. The Balaban J connectivity index is 4.22. The summed E-state index contributed by atoms with van der Waals surface area (Å²) in [7, 11) is 1.56. The second-order valence-corrected chi connectivity index (χ2v) is 23.5. The lowest BCUT2D eigenvalue weighted by atomic mass is 10.0. The summed E-state index contributed by atoms with van der Waals surface area (Å²) in [6.07, 6.45) is 78.3. The van der Waals surface area contributed by atoms with E-state index in [-0.39, 0.29) is 19.1 Å². The molecule has 74 heavy (non-hydrogen) atoms. The van der Waals surface area contributed by atoms with Crippen LogP contribution in [0.3, 0.4) is 0 Å². The Morgan fingerprint density at radius 3 is 1.19 bits per heavy atom. The quantitative estimate of drug-likeness (QED) is 0.0243. The van der Waals surface area contributed by atoms with E-state index in [1.807, 2.05) is 27.2 Å². The summed E-state index contributed by atoms with van der Waals surface area (Å²) in [5.74, 6) is -0.186. The second kappa shape index (κ2) is 55.4. The zero-order chi connectivity index (χ0) is 54.2. The van der Waals surface area contributed by atoms with Crippen LogP contribution in [0.4, 0.5) is 0 Å². The summed E-state index contributed by atoms with van der Waals surface area (Å²) in [5, 5.41) is 14.0. The number of likely N-dealkylation sites (N-methyl/N-ethyl adjacent to an activating group) is 1. The molecule has 0 aliphatic rings. The standard InChI is InChI=1S/C65H119N2O6P/c1-6-8-10-12-14-16-18-20-22-24-26-28-30-32-33-35-37-39-41-43-45-47-49-51-53-55-57-59-65(69)66-63(62-73-74(70,71)72-61-60-67(3,4)5)64(68)58-56-54-52-50-48-46-44-42-40-38-36-34-31-29-27-25-23-21-19-17-15-13-11-9-7-2/h8,10,14,16,20,22,26,28,32-33,37,39,56,58,63-64,68H,6-7,9,11-13,15,17-19,21,23-25,27,29-31,34-36,38,40-55,57,59-62H2,1-5H3,(H-,66,69,70,71)/p+1/b10-8-,16-14-,22-20-,28-26-,33-32-,39-37-,58-56+. The van der Waals surface area contributed by atoms with Crippen molar-refractivity contribution in [1.82, 2.24) is 5.32 Å². The molecule has 0 aliphatic heterocycles. The van der Waals surface area contributed by atoms with Crippen LogP contribution in [0.2, 0.25) is 0 Å². The van der Waals surface area contributed by atoms with Crippen molar-refractivity contribution in [3.63, 3.8) is 0 Å². The number of phosphoric ester groups is 1. The van der Waals surface area contributed by atoms with Crippen LogP contribution in [-0.2, 0) is 18.4 Å². The number of carbonyl (C=O) groups is 1. The van der Waals surface area contributed by atoms with Gasteiger partial charge in [0.2, 0.25) is 5.91 Å². The van der Waals surface area contributed by atoms with Crippen LogP contribution < -0.4 is 5.32 Å². The van der Waals surface area contributed by atoms with Crippen molar-refractivity contribution in [1.29, 1.82) is 0 Å². The molecule has 0 radical (unpaired) electrons. The monoisotopic (exact) mass is 1060 g/mol. The van der Waals surface area contributed by atoms with E-state index in [0.717, 1.165) is 83.5 Å². The third-order valence-electron chi connectivity index (χ3n) is 13.6. The molecule has 0 aromatic carbocycles. The Hall–Kier alpha value is -2.32. The molecule has 0 spiro atoms. The van der Waals surface area contributed by atoms with Crippen molar-refractivity contribution >= 4 is 13.7 Å². The van der Waals surface area contributed by atoms with E-state index >= 15 is 0 Å². The van der Waals surface area contributed by atoms with E-state index in [4.69, 9.17) is 9.05 Å². The van der Waals surface area contributed by atoms with Gasteiger partial charge in [0.15, 0.2) is 0 Å². The molecular weight excluding hydrogens is 936 g/mol. The maximum absolute atomic E-state index is 13.0. The molecule has 0 rings (SSSR count). The SMILES string of the molecule is CC/C=C\C/C=C\C/C=C\C/C=C\C/C=C\C/C=C\CCCCCCCCCCC(=O)NC(COP(=O)(O)OCC[N+](C)(C)C)C(O)/C=C/CCCCCCCCCCCCCCCCCCCCCCCCC. The molecular formula is C65H120N2O6P+. The maximum Gasteiger partial charge on any atom is 0.472 e. The van der Waals surface area contributed by atoms with Crippen LogP contribution in [0, 0.1) is 0 Å². The van der Waals surface area contributed by atoms with Gasteiger partial charge in [-0.15, -0.1) is 0 Å². The molecule has 0 fully saturated rings. The normalized spacial score (nSPS) is 14.4. The molecule has 0 aromatic heterocycles. The first-order valence-corrected chi connectivity index (χ1v) is 32.5. The summed E-state index contributed by atoms with van der Waals surface area (Å²) in [5.41, 5.74) is 0. The Bertz CT molecular complexity index is 1480. The summed E-state index contributed by atoms with van der Waals surface area (Å²) in [4.78, 5) is 23.4. The summed E-state index contributed by atoms with van der Waals surface area (Å²) < 4.78 is 23.8. The second-order valence-electron chi connectivity index (χ2n) is 22.1. The molecule has 0 bridgehead atoms. The number of phosphoric acid groups is 1. The van der Waals surface area contributed by atoms with Gasteiger partial charge in [-0.2, -0.15) is 0 Å². The van der Waals surface area contributed by atoms with E-state index in [1.165, 1.54) is 167 Å². The lowest BCUT2D eigenvalue weighted by molar-refractivity contribution is -0.870. The predicted octanol–water partition coefficient (Wildman–Crippen LogP) is 19.2. The molecule has 3 atom stereocenters. The number of allylic oxidation sites excluding steroid dienone is 13. The van der Waals surface area contributed by atoms with Crippen molar-refractivity contribution in [3.05, 3.63) is 85.1 Å². The minimum absolute atomic E-state index is 0.0562. The summed E-state index contributed by atoms with van der Waals surface area (Å²) in [6, 6.07) is -0.858. The number of aliphatic hydroxyl groups is 1. The third-order valence-corrected chi connectivity index (χ3v) is 14.6. The molecule has 3 unspecified atom stereocenters. The number of unbranched alkanes of at least 4 members (excludes halogenated alkanes) is 31. The Labute approximate surface area is 458 Å². The Morgan fingerprint density at radius 1 is 0.473 bits per heavy atom. The number of hydrogen-bond donors (Lipinski definition) is 3. The van der Waals surface area contributed by atoms with E-state index in [1.54, 1.807) is 6.08 Å². The van der Waals surface area contributed by atoms with Crippen LogP contribution in [0.15, 0.2) is 85.1 Å². The Kier molecular flexibility index (Phi) is 53.7. The first kappa shape index (κ1) is 71.7. The number of aliphatic hydroxyl groups excluding tert-OH is 1. The van der Waals surface area contributed by atoms with Crippen molar-refractivity contribution in [2.75, 3.05) is 40.9 Å². The zero-order valence-corrected chi connectivity index (χ0v) is 50.0. The zero-order valence-electron chi connectivity index (χ0n) is 49.1. The fourth-order valence-electron chi connectivity index (χ4n) is 8.81. The van der Waals surface area contributed by atoms with Gasteiger partial charge in [-0.05, 0) is 70.6 Å². The van der Waals surface area contributed by atoms with Crippen LogP contribution in [0.25, 0.3) is 0 Å². The lowest BCUT2D eigenvalue weighted by Crippen LogP contribution is -2.45. The highest BCUT2D eigenvalue weighted by atomic mass is 31.2. The van der Waals surface area contributed by atoms with Gasteiger partial charge in [0.25, 0.3) is 0 Å². The molecule has 0 aromatic rings. The van der Waals surface area contributed by atoms with Crippen molar-refractivity contribution in [2.24, 2.45) is 0 Å². The smallest absolute Gasteiger partial charge is 0.387 e. The largest absolute Gasteiger partial charge is 0.472 e. The van der Waals surface area contributed by atoms with Crippen LogP contribution in [0.5, 0.6) is 0 Å². The number of hydrogen-bond acceptors (Lipinski definition) is 5. The average molecular weight is 1060 g/mol. The van der Waals surface area contributed by atoms with Gasteiger partial charge in [-0.1, -0.05) is 279 Å². The summed E-state index contributed by atoms with van der Waals surface area (Å²) >= 11 is 0. The molecule has 3 N–H and O–H groups in total. The number of nitrogens with zero attached hydrogens (tertiary/aromatic N) is 1. The number of nitrogens with one attached hydrogen (secondary N) is 1. The Morgan fingerprint density at radius 2 is 0.811 bits per heavy atom. The minimum Gasteiger partial charge on any atom is -0.387 e. The van der Waals surface area contributed by atoms with E-state index in [0.29, 0.717) is 17.4 Å². The average Bonchev–Trinajstić information content (AvgIpc) is 3.36. The summed E-state index contributed by atoms with van der Waals surface area (Å²) in [6.45, 7) is 4.72. The molecule has 9 heteroatoms. The molecule has 1 amide bonds. The first-order valence-electron chi connectivity index (χ1n) is 31.0. The lowest BCUT2D eigenvalue weighted by Gasteiger charge is -2.25. The molecule has 0 saturated carbocycles. The van der Waals surface area contributed by atoms with Gasteiger partial charge in [0.05, 0.1) is 39.9 Å². The highest BCUT2D eigenvalue weighted by Gasteiger charge is 2.27. The highest BCUT2D eigenvalue weighted by molar-refractivity contribution is 7.47. The van der Waals surface area contributed by atoms with Gasteiger partial charge < -0.3 is 19.8 Å². The number of carbonyl (C=O) groups excluding carboxylic acids is 1. The van der Waals surface area contributed by atoms with Crippen LogP contribution in [0.1, 0.15) is 271 Å². The van der Waals surface area contributed by atoms with Crippen molar-refractivity contribution in [2.45, 2.75) is 283 Å². The maximum atomic E-state index is 13.0. The third kappa shape index (κ3) is 57.4. The van der Waals surface area contributed by atoms with E-state index in [9.17, 15) is 19.4 Å². The van der Waals surface area contributed by atoms with Gasteiger partial charge in [0.1, 0.15) is 13.2 Å². The van der Waals surface area contributed by atoms with Crippen LogP contribution >= 0.6 is 7.82 Å². The van der Waals surface area contributed by atoms with Crippen molar-refractivity contribution < 1.29 is 32.9 Å². The molecule has 8 nitrogen and oxygen atoms in total. The van der Waals surface area contributed by atoms with Crippen molar-refractivity contribution in [3.8, 4) is 0 Å². The highest BCUT2D eigenvalue weighted by Crippen LogP contribution is 2.43. The molecule has 0 saturated heterocycles. The topological polar surface area (TPSA) is 105 Å². The van der Waals surface area contributed by atoms with Gasteiger partial charge >= 0.3 is 7.82 Å². The molecule has 0 aliphatic carbocycles. The molecule has 430 valence electrons. The molecule has 0 heterocycles. The van der Waals surface area contributed by atoms with E-state index < -0.39 is 20.0 Å². The number of rotatable bonds is 56. The van der Waals surface area contributed by atoms with Gasteiger partial charge in [-0.25, -0.2) is 4.57 Å².